The van der Waals surface area contributed by atoms with E-state index in [9.17, 15) is 9.18 Å². The number of carboxylic acids is 1. The lowest BCUT2D eigenvalue weighted by Gasteiger charge is -2.05. The molecule has 76 valence electrons. The molecule has 1 aromatic rings. The fraction of sp³-hybridized carbons (Fsp3) is 0.222. The summed E-state index contributed by atoms with van der Waals surface area (Å²) in [6.45, 7) is -0.705. The molecule has 0 bridgehead atoms. The van der Waals surface area contributed by atoms with E-state index < -0.39 is 12.6 Å². The largest absolute Gasteiger partial charge is 0.489 e. The van der Waals surface area contributed by atoms with Gasteiger partial charge in [0.05, 0.1) is 10.6 Å². The Labute approximate surface area is 85.1 Å². The van der Waals surface area contributed by atoms with Crippen LogP contribution < -0.4 is 4.74 Å². The number of ether oxygens (including phenoxy) is 1. The predicted molar refractivity (Wildman–Crippen MR) is 49.9 cm³/mol. The van der Waals surface area contributed by atoms with Gasteiger partial charge < -0.3 is 9.84 Å². The molecule has 0 aromatic heterocycles. The Morgan fingerprint density at radius 1 is 1.57 bits per heavy atom. The second-order valence-electron chi connectivity index (χ2n) is 2.49. The molecule has 0 atom stereocenters. The minimum atomic E-state index is -1.07. The van der Waals surface area contributed by atoms with E-state index in [0.29, 0.717) is 0 Å². The number of carboxylic acid groups (broad SMARTS) is 1. The second kappa shape index (κ2) is 4.81. The maximum absolute atomic E-state index is 11.8. The zero-order valence-electron chi connectivity index (χ0n) is 7.17. The van der Waals surface area contributed by atoms with Gasteiger partial charge in [0.15, 0.2) is 0 Å². The van der Waals surface area contributed by atoms with Crippen LogP contribution in [0.5, 0.6) is 5.75 Å². The molecule has 1 aromatic carbocycles. The normalized spacial score (nSPS) is 9.86. The second-order valence-corrected chi connectivity index (χ2v) is 2.89. The van der Waals surface area contributed by atoms with Crippen LogP contribution in [0, 0.1) is 0 Å². The van der Waals surface area contributed by atoms with Gasteiger partial charge >= 0.3 is 5.97 Å². The number of hydrogen-bond donors (Lipinski definition) is 1. The van der Waals surface area contributed by atoms with Crippen molar-refractivity contribution in [3.63, 3.8) is 0 Å². The Bertz CT molecular complexity index is 341. The fourth-order valence-corrected chi connectivity index (χ4v) is 1.13. The Hall–Kier alpha value is -1.29. The van der Waals surface area contributed by atoms with E-state index in [0.717, 1.165) is 0 Å². The molecule has 0 amide bonds. The van der Waals surface area contributed by atoms with Gasteiger partial charge in [0.25, 0.3) is 0 Å². The van der Waals surface area contributed by atoms with Gasteiger partial charge in [-0.05, 0) is 18.2 Å². The minimum Gasteiger partial charge on any atom is -0.489 e. The zero-order chi connectivity index (χ0) is 10.6. The molecule has 5 heteroatoms. The summed E-state index contributed by atoms with van der Waals surface area (Å²) in [4.78, 5) is 10.5. The van der Waals surface area contributed by atoms with Crippen molar-refractivity contribution in [1.29, 1.82) is 0 Å². The van der Waals surface area contributed by atoms with Crippen LogP contribution in [-0.2, 0) is 0 Å². The monoisotopic (exact) mass is 218 g/mol. The van der Waals surface area contributed by atoms with Crippen LogP contribution in [0.25, 0.3) is 0 Å². The molecule has 0 aliphatic heterocycles. The molecule has 3 nitrogen and oxygen atoms in total. The smallest absolute Gasteiger partial charge is 0.335 e. The van der Waals surface area contributed by atoms with E-state index in [-0.39, 0.29) is 22.9 Å². The van der Waals surface area contributed by atoms with Gasteiger partial charge in [-0.3, -0.25) is 0 Å². The molecule has 0 unspecified atom stereocenters. The van der Waals surface area contributed by atoms with Crippen molar-refractivity contribution in [3.05, 3.63) is 28.8 Å². The third-order valence-electron chi connectivity index (χ3n) is 1.51. The summed E-state index contributed by atoms with van der Waals surface area (Å²) in [6, 6.07) is 4.01. The first-order valence-electron chi connectivity index (χ1n) is 3.86. The highest BCUT2D eigenvalue weighted by molar-refractivity contribution is 6.32. The van der Waals surface area contributed by atoms with E-state index in [1.165, 1.54) is 18.2 Å². The van der Waals surface area contributed by atoms with Crippen LogP contribution in [0.2, 0.25) is 5.02 Å². The Morgan fingerprint density at radius 2 is 2.29 bits per heavy atom. The van der Waals surface area contributed by atoms with Gasteiger partial charge in [0, 0.05) is 0 Å². The molecule has 1 rings (SSSR count). The number of hydrogen-bond acceptors (Lipinski definition) is 2. The summed E-state index contributed by atoms with van der Waals surface area (Å²) in [5.74, 6) is -0.779. The van der Waals surface area contributed by atoms with Crippen LogP contribution in [-0.4, -0.2) is 24.4 Å². The topological polar surface area (TPSA) is 46.5 Å². The van der Waals surface area contributed by atoms with Gasteiger partial charge in [-0.25, -0.2) is 9.18 Å². The summed E-state index contributed by atoms with van der Waals surface area (Å²) >= 11 is 5.70. The number of benzene rings is 1. The number of rotatable bonds is 4. The number of alkyl halides is 1. The Balaban J connectivity index is 2.84. The van der Waals surface area contributed by atoms with Crippen molar-refractivity contribution >= 4 is 17.6 Å². The van der Waals surface area contributed by atoms with Crippen molar-refractivity contribution < 1.29 is 19.0 Å². The molecule has 0 aliphatic carbocycles. The third kappa shape index (κ3) is 2.60. The van der Waals surface area contributed by atoms with Crippen LogP contribution in [0.1, 0.15) is 10.4 Å². The van der Waals surface area contributed by atoms with E-state index in [2.05, 4.69) is 0 Å². The molecule has 0 aliphatic rings. The molecular formula is C9H8ClFO3. The number of halogens is 2. The van der Waals surface area contributed by atoms with Gasteiger partial charge in [0.1, 0.15) is 19.0 Å². The summed E-state index contributed by atoms with van der Waals surface area (Å²) in [5, 5.41) is 8.78. The highest BCUT2D eigenvalue weighted by atomic mass is 35.5. The Kier molecular flexibility index (Phi) is 3.71. The number of carbonyl (C=O) groups is 1. The predicted octanol–water partition coefficient (Wildman–Crippen LogP) is 2.39. The van der Waals surface area contributed by atoms with Crippen molar-refractivity contribution in [2.24, 2.45) is 0 Å². The first-order chi connectivity index (χ1) is 6.65. The van der Waals surface area contributed by atoms with Crippen molar-refractivity contribution in [2.75, 3.05) is 13.3 Å². The quantitative estimate of drug-likeness (QED) is 0.844. The van der Waals surface area contributed by atoms with Gasteiger partial charge in [-0.15, -0.1) is 0 Å². The third-order valence-corrected chi connectivity index (χ3v) is 1.81. The van der Waals surface area contributed by atoms with Crippen molar-refractivity contribution in [2.45, 2.75) is 0 Å². The standard InChI is InChI=1S/C9H8ClFO3/c10-7-5-6(9(12)13)1-2-8(7)14-4-3-11/h1-2,5H,3-4H2,(H,12,13). The lowest BCUT2D eigenvalue weighted by molar-refractivity contribution is 0.0697. The van der Waals surface area contributed by atoms with Gasteiger partial charge in [-0.2, -0.15) is 0 Å². The van der Waals surface area contributed by atoms with Crippen molar-refractivity contribution in [3.8, 4) is 5.75 Å². The lowest BCUT2D eigenvalue weighted by Crippen LogP contribution is -2.01. The maximum Gasteiger partial charge on any atom is 0.335 e. The van der Waals surface area contributed by atoms with Crippen LogP contribution >= 0.6 is 11.6 Å². The maximum atomic E-state index is 11.8. The van der Waals surface area contributed by atoms with E-state index in [4.69, 9.17) is 21.4 Å². The average Bonchev–Trinajstić information content (AvgIpc) is 2.15. The molecule has 0 fully saturated rings. The first-order valence-corrected chi connectivity index (χ1v) is 4.24. The molecule has 0 saturated carbocycles. The van der Waals surface area contributed by atoms with Crippen LogP contribution in [0.15, 0.2) is 18.2 Å². The Morgan fingerprint density at radius 3 is 2.79 bits per heavy atom. The first kappa shape index (κ1) is 10.8. The molecule has 14 heavy (non-hydrogen) atoms. The summed E-state index contributed by atoms with van der Waals surface area (Å²) in [6.07, 6.45) is 0. The zero-order valence-corrected chi connectivity index (χ0v) is 7.92. The number of aromatic carboxylic acids is 1. The highest BCUT2D eigenvalue weighted by Gasteiger charge is 2.07. The van der Waals surface area contributed by atoms with Crippen LogP contribution in [0.3, 0.4) is 0 Å². The average molecular weight is 219 g/mol. The summed E-state index contributed by atoms with van der Waals surface area (Å²) in [5.41, 5.74) is 0.0719. The SMILES string of the molecule is O=C(O)c1ccc(OCCF)c(Cl)c1. The summed E-state index contributed by atoms with van der Waals surface area (Å²) < 4.78 is 16.7. The molecule has 0 heterocycles. The van der Waals surface area contributed by atoms with E-state index >= 15 is 0 Å². The van der Waals surface area contributed by atoms with Gasteiger partial charge in [0.2, 0.25) is 0 Å². The van der Waals surface area contributed by atoms with Gasteiger partial charge in [-0.1, -0.05) is 11.6 Å². The molecule has 0 saturated heterocycles. The van der Waals surface area contributed by atoms with Crippen molar-refractivity contribution in [1.82, 2.24) is 0 Å². The van der Waals surface area contributed by atoms with E-state index in [1.54, 1.807) is 0 Å². The minimum absolute atomic E-state index is 0.0719. The molecule has 1 N–H and O–H groups in total. The molecule has 0 spiro atoms. The summed E-state index contributed by atoms with van der Waals surface area (Å²) in [7, 11) is 0. The van der Waals surface area contributed by atoms with Crippen LogP contribution in [0.4, 0.5) is 4.39 Å². The van der Waals surface area contributed by atoms with E-state index in [1.807, 2.05) is 0 Å². The molecular weight excluding hydrogens is 211 g/mol. The fourth-order valence-electron chi connectivity index (χ4n) is 0.899. The molecule has 0 radical (unpaired) electrons. The highest BCUT2D eigenvalue weighted by Crippen LogP contribution is 2.25. The lowest BCUT2D eigenvalue weighted by atomic mass is 10.2.